The van der Waals surface area contributed by atoms with Gasteiger partial charge in [-0.3, -0.25) is 4.99 Å². The lowest BCUT2D eigenvalue weighted by atomic mass is 10.0. The number of aliphatic imine (C=N–C) groups is 1. The molecule has 43 heavy (non-hydrogen) atoms. The minimum absolute atomic E-state index is 0.721. The van der Waals surface area contributed by atoms with Crippen LogP contribution < -0.4 is 0 Å². The van der Waals surface area contributed by atoms with Crippen molar-refractivity contribution in [2.24, 2.45) is 28.7 Å². The highest BCUT2D eigenvalue weighted by atomic mass is 14.7. The quantitative estimate of drug-likeness (QED) is 0.215. The average molecular weight is 579 g/mol. The van der Waals surface area contributed by atoms with Gasteiger partial charge in [-0.2, -0.15) is 0 Å². The van der Waals surface area contributed by atoms with Crippen LogP contribution in [0, 0.1) is 30.6 Å². The van der Waals surface area contributed by atoms with Crippen molar-refractivity contribution in [2.45, 2.75) is 94.4 Å². The largest absolute Gasteiger partial charge is 0.361 e. The first kappa shape index (κ1) is 35.8. The fourth-order valence-electron chi connectivity index (χ4n) is 4.99. The molecule has 1 aromatic heterocycles. The molecule has 232 valence electrons. The first-order chi connectivity index (χ1) is 20.5. The molecule has 1 aliphatic rings. The van der Waals surface area contributed by atoms with Crippen LogP contribution in [-0.4, -0.2) is 11.2 Å². The van der Waals surface area contributed by atoms with E-state index >= 15 is 0 Å². The van der Waals surface area contributed by atoms with Crippen LogP contribution in [0.4, 0.5) is 0 Å². The molecule has 1 aliphatic heterocycles. The first-order valence-electron chi connectivity index (χ1n) is 16.4. The molecule has 0 unspecified atom stereocenters. The highest BCUT2D eigenvalue weighted by Gasteiger charge is 2.04. The number of nitrogens with zero attached hydrogens (tertiary/aromatic N) is 1. The van der Waals surface area contributed by atoms with E-state index in [1.807, 2.05) is 6.21 Å². The summed E-state index contributed by atoms with van der Waals surface area (Å²) in [5, 5.41) is 1.37. The Hall–Kier alpha value is -3.39. The molecule has 0 bridgehead atoms. The summed E-state index contributed by atoms with van der Waals surface area (Å²) in [6, 6.07) is 27.9. The van der Waals surface area contributed by atoms with Crippen LogP contribution >= 0.6 is 0 Å². The monoisotopic (exact) mass is 578 g/mol. The van der Waals surface area contributed by atoms with E-state index in [1.165, 1.54) is 51.7 Å². The smallest absolute Gasteiger partial charge is 0.0456 e. The van der Waals surface area contributed by atoms with E-state index in [-0.39, 0.29) is 0 Å². The number of H-pyrrole nitrogens is 1. The van der Waals surface area contributed by atoms with Gasteiger partial charge >= 0.3 is 0 Å². The molecule has 0 amide bonds. The van der Waals surface area contributed by atoms with Gasteiger partial charge in [0.1, 0.15) is 0 Å². The van der Waals surface area contributed by atoms with Crippen LogP contribution in [0.15, 0.2) is 102 Å². The Balaban J connectivity index is 0.000000202. The third-order valence-electron chi connectivity index (χ3n) is 6.89. The van der Waals surface area contributed by atoms with Crippen molar-refractivity contribution in [1.82, 2.24) is 4.98 Å². The van der Waals surface area contributed by atoms with E-state index in [0.717, 1.165) is 42.9 Å². The number of allylic oxidation sites excluding steroid dienone is 2. The summed E-state index contributed by atoms with van der Waals surface area (Å²) in [7, 11) is 0. The Morgan fingerprint density at radius 2 is 1.14 bits per heavy atom. The lowest BCUT2D eigenvalue weighted by Crippen LogP contribution is -1.93. The number of aromatic nitrogens is 1. The summed E-state index contributed by atoms with van der Waals surface area (Å²) in [6.07, 6.45) is 12.0. The number of aromatic amines is 1. The van der Waals surface area contributed by atoms with Crippen molar-refractivity contribution in [3.05, 3.63) is 119 Å². The zero-order chi connectivity index (χ0) is 31.6. The summed E-state index contributed by atoms with van der Waals surface area (Å²) >= 11 is 0. The van der Waals surface area contributed by atoms with Crippen LogP contribution in [0.25, 0.3) is 10.9 Å². The Morgan fingerprint density at radius 3 is 1.67 bits per heavy atom. The highest BCUT2D eigenvalue weighted by Crippen LogP contribution is 2.20. The van der Waals surface area contributed by atoms with Gasteiger partial charge < -0.3 is 4.98 Å². The van der Waals surface area contributed by atoms with Gasteiger partial charge in [0.05, 0.1) is 0 Å². The van der Waals surface area contributed by atoms with Crippen molar-refractivity contribution in [2.75, 3.05) is 0 Å². The number of benzene rings is 3. The summed E-state index contributed by atoms with van der Waals surface area (Å²) < 4.78 is 0. The van der Waals surface area contributed by atoms with Crippen molar-refractivity contribution in [1.29, 1.82) is 0 Å². The van der Waals surface area contributed by atoms with E-state index < -0.39 is 0 Å². The SMILES string of the molecule is CC(C)CC1=CCC=N1.CC(C)Cc1c[nH]c2ccccc12.CC(C)Cc1ccccc1.Cc1ccc(CC(C)C)cc1. The van der Waals surface area contributed by atoms with Gasteiger partial charge in [-0.15, -0.1) is 0 Å². The molecule has 2 heterocycles. The molecule has 0 atom stereocenters. The Kier molecular flexibility index (Phi) is 16.4. The van der Waals surface area contributed by atoms with Crippen LogP contribution in [0.1, 0.15) is 90.5 Å². The van der Waals surface area contributed by atoms with Crippen LogP contribution in [-0.2, 0) is 19.3 Å². The van der Waals surface area contributed by atoms with Gasteiger partial charge in [0.25, 0.3) is 0 Å². The molecule has 0 radical (unpaired) electrons. The van der Waals surface area contributed by atoms with Crippen molar-refractivity contribution in [3.8, 4) is 0 Å². The minimum Gasteiger partial charge on any atom is -0.361 e. The second kappa shape index (κ2) is 19.7. The molecule has 2 heteroatoms. The Bertz CT molecular complexity index is 1340. The number of hydrogen-bond acceptors (Lipinski definition) is 1. The van der Waals surface area contributed by atoms with Crippen LogP contribution in [0.2, 0.25) is 0 Å². The topological polar surface area (TPSA) is 28.1 Å². The number of nitrogens with one attached hydrogen (secondary N) is 1. The average Bonchev–Trinajstić information content (AvgIpc) is 3.61. The van der Waals surface area contributed by atoms with Crippen molar-refractivity contribution >= 4 is 17.1 Å². The molecule has 0 saturated carbocycles. The van der Waals surface area contributed by atoms with Crippen molar-refractivity contribution in [3.63, 3.8) is 0 Å². The van der Waals surface area contributed by atoms with Crippen LogP contribution in [0.5, 0.6) is 0 Å². The second-order valence-corrected chi connectivity index (χ2v) is 13.5. The van der Waals surface area contributed by atoms with Crippen LogP contribution in [0.3, 0.4) is 0 Å². The molecule has 3 aromatic carbocycles. The molecule has 0 saturated heterocycles. The fraction of sp³-hybridized carbons (Fsp3) is 0.439. The number of fused-ring (bicyclic) bond motifs is 1. The predicted molar refractivity (Wildman–Crippen MR) is 192 cm³/mol. The molecule has 0 fully saturated rings. The number of aryl methyl sites for hydroxylation is 1. The second-order valence-electron chi connectivity index (χ2n) is 13.5. The Labute approximate surface area is 263 Å². The van der Waals surface area contributed by atoms with E-state index in [9.17, 15) is 0 Å². The maximum Gasteiger partial charge on any atom is 0.0456 e. The van der Waals surface area contributed by atoms with E-state index in [4.69, 9.17) is 0 Å². The van der Waals surface area contributed by atoms with E-state index in [0.29, 0.717) is 0 Å². The first-order valence-corrected chi connectivity index (χ1v) is 16.4. The summed E-state index contributed by atoms with van der Waals surface area (Å²) in [6.45, 7) is 20.0. The normalized spacial score (nSPS) is 12.1. The molecule has 5 rings (SSSR count). The molecule has 4 aromatic rings. The molecular weight excluding hydrogens is 520 g/mol. The third-order valence-corrected chi connectivity index (χ3v) is 6.89. The maximum absolute atomic E-state index is 4.21. The zero-order valence-corrected chi connectivity index (χ0v) is 28.5. The lowest BCUT2D eigenvalue weighted by Gasteiger charge is -2.04. The lowest BCUT2D eigenvalue weighted by molar-refractivity contribution is 0.640. The van der Waals surface area contributed by atoms with Gasteiger partial charge in [0.15, 0.2) is 0 Å². The molecule has 0 spiro atoms. The van der Waals surface area contributed by atoms with E-state index in [2.05, 4.69) is 163 Å². The number of rotatable bonds is 8. The van der Waals surface area contributed by atoms with Gasteiger partial charge in [0.2, 0.25) is 0 Å². The number of para-hydroxylation sites is 1. The summed E-state index contributed by atoms with van der Waals surface area (Å²) in [5.74, 6) is 2.99. The summed E-state index contributed by atoms with van der Waals surface area (Å²) in [4.78, 5) is 7.51. The zero-order valence-electron chi connectivity index (χ0n) is 28.5. The fourth-order valence-corrected chi connectivity index (χ4v) is 4.99. The highest BCUT2D eigenvalue weighted by molar-refractivity contribution is 5.83. The molecular formula is C41H58N2. The standard InChI is InChI=1S/C12H15N.C11H16.C10H14.C8H13N/c1-9(2)7-10-8-13-12-6-4-3-5-11(10)12;1-9(2)8-11-6-4-10(3)5-7-11;1-9(2)8-10-6-4-3-5-7-10;1-7(2)6-8-4-3-5-9-8/h3-6,8-9,13H,7H2,1-2H3;4-7,9H,8H2,1-3H3;3-7,9H,8H2,1-2H3;4-5,7H,3,6H2,1-2H3. The Morgan fingerprint density at radius 1 is 0.605 bits per heavy atom. The van der Waals surface area contributed by atoms with Crippen molar-refractivity contribution < 1.29 is 0 Å². The third kappa shape index (κ3) is 15.6. The van der Waals surface area contributed by atoms with Gasteiger partial charge in [-0.05, 0) is 79.0 Å². The summed E-state index contributed by atoms with van der Waals surface area (Å²) in [5.41, 5.74) is 8.19. The van der Waals surface area contributed by atoms with Gasteiger partial charge in [-0.25, -0.2) is 0 Å². The van der Waals surface area contributed by atoms with Gasteiger partial charge in [-0.1, -0.05) is 140 Å². The molecule has 2 nitrogen and oxygen atoms in total. The number of hydrogen-bond donors (Lipinski definition) is 1. The van der Waals surface area contributed by atoms with E-state index in [1.54, 1.807) is 0 Å². The molecule has 0 aliphatic carbocycles. The molecule has 1 N–H and O–H groups in total. The minimum atomic E-state index is 0.721. The maximum atomic E-state index is 4.21. The predicted octanol–water partition coefficient (Wildman–Crippen LogP) is 11.8. The van der Waals surface area contributed by atoms with Gasteiger partial charge in [0, 0.05) is 35.4 Å².